The highest BCUT2D eigenvalue weighted by Crippen LogP contribution is 2.18. The summed E-state index contributed by atoms with van der Waals surface area (Å²) in [5, 5.41) is 18.0. The van der Waals surface area contributed by atoms with Crippen LogP contribution < -0.4 is 15.4 Å². The second kappa shape index (κ2) is 9.61. The summed E-state index contributed by atoms with van der Waals surface area (Å²) in [4.78, 5) is 21.0. The van der Waals surface area contributed by atoms with Gasteiger partial charge in [-0.05, 0) is 31.2 Å². The van der Waals surface area contributed by atoms with E-state index in [4.69, 9.17) is 26.2 Å². The van der Waals surface area contributed by atoms with Crippen molar-refractivity contribution in [3.8, 4) is 5.75 Å². The number of benzene rings is 1. The van der Waals surface area contributed by atoms with Crippen molar-refractivity contribution in [2.45, 2.75) is 25.2 Å². The predicted octanol–water partition coefficient (Wildman–Crippen LogP) is 2.72. The molecule has 2 aromatic rings. The zero-order valence-electron chi connectivity index (χ0n) is 15.1. The second-order valence-corrected chi connectivity index (χ2v) is 6.44. The lowest BCUT2D eigenvalue weighted by Crippen LogP contribution is -2.43. The van der Waals surface area contributed by atoms with Gasteiger partial charge in [0.1, 0.15) is 5.75 Å². The third kappa shape index (κ3) is 6.95. The molecule has 3 N–H and O–H groups in total. The van der Waals surface area contributed by atoms with Gasteiger partial charge in [-0.3, -0.25) is 9.48 Å². The van der Waals surface area contributed by atoms with E-state index in [1.54, 1.807) is 37.3 Å². The number of hydrogen-bond donors (Lipinski definition) is 3. The third-order valence-corrected chi connectivity index (χ3v) is 3.98. The lowest BCUT2D eigenvalue weighted by molar-refractivity contribution is -0.192. The number of carbonyl (C=O) groups is 2. The monoisotopic (exact) mass is 434 g/mol. The number of alkyl halides is 3. The molecule has 0 spiro atoms. The number of amides is 1. The van der Waals surface area contributed by atoms with Gasteiger partial charge in [-0.2, -0.15) is 18.3 Å². The fourth-order valence-corrected chi connectivity index (χ4v) is 2.19. The van der Waals surface area contributed by atoms with Gasteiger partial charge in [-0.25, -0.2) is 4.79 Å². The topological polar surface area (TPSA) is 105 Å². The number of carbonyl (C=O) groups excluding carboxylic acids is 1. The predicted molar refractivity (Wildman–Crippen MR) is 98.0 cm³/mol. The summed E-state index contributed by atoms with van der Waals surface area (Å²) in [6.45, 7) is 3.51. The summed E-state index contributed by atoms with van der Waals surface area (Å²) in [5.41, 5.74) is 0. The standard InChI is InChI=1S/C15H17ClN4O2.C2HF3O2/c1-10(22-13-4-2-11(16)3-5-13)15(21)18-14-6-7-20(19-14)12-8-17-9-12;3-2(4,5)1(6)7/h2-7,10,12,17H,8-9H2,1H3,(H,18,19,21);(H,6,7). The fraction of sp³-hybridized carbons (Fsp3) is 0.353. The molecule has 0 bridgehead atoms. The number of anilines is 1. The SMILES string of the molecule is CC(Oc1ccc(Cl)cc1)C(=O)Nc1ccn(C2CNC2)n1.O=C(O)C(F)(F)F. The van der Waals surface area contributed by atoms with Crippen molar-refractivity contribution >= 4 is 29.3 Å². The highest BCUT2D eigenvalue weighted by atomic mass is 35.5. The van der Waals surface area contributed by atoms with Gasteiger partial charge in [-0.1, -0.05) is 11.6 Å². The van der Waals surface area contributed by atoms with E-state index < -0.39 is 18.2 Å². The van der Waals surface area contributed by atoms with Crippen LogP contribution in [0, 0.1) is 0 Å². The number of nitrogens with one attached hydrogen (secondary N) is 2. The first-order chi connectivity index (χ1) is 13.6. The minimum atomic E-state index is -5.08. The van der Waals surface area contributed by atoms with Crippen LogP contribution in [0.4, 0.5) is 19.0 Å². The number of aromatic nitrogens is 2. The molecule has 29 heavy (non-hydrogen) atoms. The molecule has 1 aromatic heterocycles. The van der Waals surface area contributed by atoms with E-state index in [1.807, 2.05) is 10.9 Å². The number of hydrogen-bond acceptors (Lipinski definition) is 5. The van der Waals surface area contributed by atoms with Crippen LogP contribution in [0.1, 0.15) is 13.0 Å². The summed E-state index contributed by atoms with van der Waals surface area (Å²) in [6.07, 6.45) is -3.84. The molecule has 2 heterocycles. The Morgan fingerprint density at radius 3 is 2.38 bits per heavy atom. The van der Waals surface area contributed by atoms with Gasteiger partial charge in [0.05, 0.1) is 6.04 Å². The molecular formula is C17H18ClF3N4O4. The molecule has 8 nitrogen and oxygen atoms in total. The Morgan fingerprint density at radius 1 is 1.31 bits per heavy atom. The van der Waals surface area contributed by atoms with Crippen molar-refractivity contribution in [1.29, 1.82) is 0 Å². The zero-order valence-corrected chi connectivity index (χ0v) is 15.9. The summed E-state index contributed by atoms with van der Waals surface area (Å²) < 4.78 is 39.2. The Bertz CT molecular complexity index is 838. The van der Waals surface area contributed by atoms with E-state index in [0.29, 0.717) is 22.6 Å². The molecule has 1 saturated heterocycles. The number of aliphatic carboxylic acids is 1. The quantitative estimate of drug-likeness (QED) is 0.668. The van der Waals surface area contributed by atoms with Crippen LogP contribution in [0.3, 0.4) is 0 Å². The normalized spacial score (nSPS) is 14.8. The van der Waals surface area contributed by atoms with Gasteiger partial charge in [0.15, 0.2) is 11.9 Å². The maximum Gasteiger partial charge on any atom is 0.490 e. The van der Waals surface area contributed by atoms with Crippen LogP contribution in [-0.2, 0) is 9.59 Å². The molecule has 0 aliphatic carbocycles. The lowest BCUT2D eigenvalue weighted by Gasteiger charge is -2.27. The van der Waals surface area contributed by atoms with Crippen molar-refractivity contribution in [2.75, 3.05) is 18.4 Å². The van der Waals surface area contributed by atoms with Gasteiger partial charge in [0, 0.05) is 30.4 Å². The number of carboxylic acid groups (broad SMARTS) is 1. The average molecular weight is 435 g/mol. The molecule has 1 aliphatic rings. The third-order valence-electron chi connectivity index (χ3n) is 3.73. The van der Waals surface area contributed by atoms with Crippen LogP contribution in [0.2, 0.25) is 5.02 Å². The first-order valence-electron chi connectivity index (χ1n) is 8.35. The summed E-state index contributed by atoms with van der Waals surface area (Å²) in [5.74, 6) is -1.87. The van der Waals surface area contributed by atoms with E-state index in [0.717, 1.165) is 13.1 Å². The van der Waals surface area contributed by atoms with Crippen molar-refractivity contribution in [1.82, 2.24) is 15.1 Å². The average Bonchev–Trinajstić information content (AvgIpc) is 3.02. The first-order valence-corrected chi connectivity index (χ1v) is 8.73. The van der Waals surface area contributed by atoms with E-state index in [2.05, 4.69) is 15.7 Å². The Kier molecular flexibility index (Phi) is 7.46. The van der Waals surface area contributed by atoms with E-state index >= 15 is 0 Å². The minimum absolute atomic E-state index is 0.244. The maximum absolute atomic E-state index is 12.1. The number of nitrogens with zero attached hydrogens (tertiary/aromatic N) is 2. The molecule has 0 radical (unpaired) electrons. The number of ether oxygens (including phenoxy) is 1. The molecule has 1 unspecified atom stereocenters. The molecular weight excluding hydrogens is 417 g/mol. The maximum atomic E-state index is 12.1. The van der Waals surface area contributed by atoms with Gasteiger partial charge >= 0.3 is 12.1 Å². The number of carboxylic acids is 1. The van der Waals surface area contributed by atoms with E-state index in [9.17, 15) is 18.0 Å². The van der Waals surface area contributed by atoms with Crippen LogP contribution >= 0.6 is 11.6 Å². The summed E-state index contributed by atoms with van der Waals surface area (Å²) in [7, 11) is 0. The Balaban J connectivity index is 0.000000370. The van der Waals surface area contributed by atoms with Crippen LogP contribution in [0.15, 0.2) is 36.5 Å². The molecule has 1 amide bonds. The molecule has 1 fully saturated rings. The van der Waals surface area contributed by atoms with Crippen LogP contribution in [0.5, 0.6) is 5.75 Å². The Labute approximate surface area is 168 Å². The smallest absolute Gasteiger partial charge is 0.481 e. The zero-order chi connectivity index (χ0) is 21.6. The van der Waals surface area contributed by atoms with Gasteiger partial charge in [-0.15, -0.1) is 0 Å². The molecule has 1 aliphatic heterocycles. The van der Waals surface area contributed by atoms with Gasteiger partial charge < -0.3 is 20.5 Å². The first kappa shape index (κ1) is 22.5. The van der Waals surface area contributed by atoms with Gasteiger partial charge in [0.2, 0.25) is 0 Å². The van der Waals surface area contributed by atoms with E-state index in [-0.39, 0.29) is 5.91 Å². The van der Waals surface area contributed by atoms with Crippen molar-refractivity contribution in [3.63, 3.8) is 0 Å². The molecule has 158 valence electrons. The van der Waals surface area contributed by atoms with Crippen LogP contribution in [0.25, 0.3) is 0 Å². The van der Waals surface area contributed by atoms with Crippen molar-refractivity contribution in [3.05, 3.63) is 41.6 Å². The number of halogens is 4. The Morgan fingerprint density at radius 2 is 1.90 bits per heavy atom. The molecule has 1 atom stereocenters. The highest BCUT2D eigenvalue weighted by Gasteiger charge is 2.38. The molecule has 1 aromatic carbocycles. The van der Waals surface area contributed by atoms with Crippen molar-refractivity contribution in [2.24, 2.45) is 0 Å². The van der Waals surface area contributed by atoms with Gasteiger partial charge in [0.25, 0.3) is 5.91 Å². The summed E-state index contributed by atoms with van der Waals surface area (Å²) >= 11 is 5.81. The molecule has 12 heteroatoms. The van der Waals surface area contributed by atoms with Crippen LogP contribution in [-0.4, -0.2) is 52.1 Å². The highest BCUT2D eigenvalue weighted by molar-refractivity contribution is 6.30. The van der Waals surface area contributed by atoms with Crippen molar-refractivity contribution < 1.29 is 32.6 Å². The van der Waals surface area contributed by atoms with E-state index in [1.165, 1.54) is 0 Å². The fourth-order valence-electron chi connectivity index (χ4n) is 2.07. The molecule has 3 rings (SSSR count). The number of rotatable bonds is 5. The lowest BCUT2D eigenvalue weighted by atomic mass is 10.2. The summed E-state index contributed by atoms with van der Waals surface area (Å²) in [6, 6.07) is 9.04. The largest absolute Gasteiger partial charge is 0.490 e. The minimum Gasteiger partial charge on any atom is -0.481 e. The molecule has 0 saturated carbocycles. The second-order valence-electron chi connectivity index (χ2n) is 6.00. The Hall–Kier alpha value is -2.79.